The van der Waals surface area contributed by atoms with Gasteiger partial charge in [0.25, 0.3) is 0 Å². The monoisotopic (exact) mass is 546 g/mol. The fourth-order valence-electron chi connectivity index (χ4n) is 3.48. The lowest BCUT2D eigenvalue weighted by Crippen LogP contribution is -2.16. The maximum atomic E-state index is 12.7. The topological polar surface area (TPSA) is 122 Å². The zero-order chi connectivity index (χ0) is 27.1. The summed E-state index contributed by atoms with van der Waals surface area (Å²) in [6, 6.07) is 7.95. The molecule has 1 N–H and O–H groups in total. The number of benzene rings is 1. The van der Waals surface area contributed by atoms with Gasteiger partial charge >= 0.3 is 11.9 Å². The molecule has 2 heterocycles. The van der Waals surface area contributed by atoms with Gasteiger partial charge in [0.15, 0.2) is 11.0 Å². The molecule has 2 aromatic heterocycles. The first-order valence-electron chi connectivity index (χ1n) is 11.6. The van der Waals surface area contributed by atoms with Crippen molar-refractivity contribution >= 4 is 45.9 Å². The van der Waals surface area contributed by atoms with Gasteiger partial charge in [-0.25, -0.2) is 9.59 Å². The maximum absolute atomic E-state index is 12.7. The summed E-state index contributed by atoms with van der Waals surface area (Å²) in [5.41, 5.74) is 1.75. The predicted molar refractivity (Wildman–Crippen MR) is 142 cm³/mol. The van der Waals surface area contributed by atoms with Crippen molar-refractivity contribution in [2.24, 2.45) is 0 Å². The van der Waals surface area contributed by atoms with Crippen molar-refractivity contribution in [1.82, 2.24) is 14.8 Å². The number of anilines is 1. The van der Waals surface area contributed by atoms with Crippen LogP contribution in [0.2, 0.25) is 0 Å². The molecule has 0 saturated heterocycles. The Morgan fingerprint density at radius 3 is 2.35 bits per heavy atom. The Morgan fingerprint density at radius 1 is 1.08 bits per heavy atom. The van der Waals surface area contributed by atoms with E-state index in [2.05, 4.69) is 29.4 Å². The molecule has 1 aromatic carbocycles. The number of aromatic nitrogens is 3. The van der Waals surface area contributed by atoms with Crippen LogP contribution < -0.4 is 10.1 Å². The van der Waals surface area contributed by atoms with Crippen molar-refractivity contribution in [1.29, 1.82) is 0 Å². The molecule has 0 saturated carbocycles. The summed E-state index contributed by atoms with van der Waals surface area (Å²) in [5, 5.41) is 11.9. The lowest BCUT2D eigenvalue weighted by Gasteiger charge is -2.10. The normalized spacial score (nSPS) is 10.9. The fourth-order valence-corrected chi connectivity index (χ4v) is 5.43. The SMILES string of the molecule is CCn1c(COc2ccc(C(C)C)cc2)nnc1SCC(=O)Nc1sc(C(=O)OC)c(C)c1C(=O)OC. The van der Waals surface area contributed by atoms with E-state index in [-0.39, 0.29) is 33.7 Å². The largest absolute Gasteiger partial charge is 0.486 e. The second kappa shape index (κ2) is 12.7. The van der Waals surface area contributed by atoms with Crippen LogP contribution in [0.3, 0.4) is 0 Å². The van der Waals surface area contributed by atoms with E-state index >= 15 is 0 Å². The minimum absolute atomic E-state index is 0.0147. The lowest BCUT2D eigenvalue weighted by molar-refractivity contribution is -0.113. The van der Waals surface area contributed by atoms with E-state index in [1.165, 1.54) is 31.5 Å². The van der Waals surface area contributed by atoms with Gasteiger partial charge in [0.1, 0.15) is 22.2 Å². The Kier molecular flexibility index (Phi) is 9.70. The second-order valence-corrected chi connectivity index (χ2v) is 10.2. The molecule has 37 heavy (non-hydrogen) atoms. The van der Waals surface area contributed by atoms with Crippen LogP contribution in [0.5, 0.6) is 5.75 Å². The van der Waals surface area contributed by atoms with Crippen LogP contribution in [0.15, 0.2) is 29.4 Å². The summed E-state index contributed by atoms with van der Waals surface area (Å²) in [6.45, 7) is 8.67. The summed E-state index contributed by atoms with van der Waals surface area (Å²) in [7, 11) is 2.48. The van der Waals surface area contributed by atoms with Gasteiger partial charge in [0.05, 0.1) is 25.5 Å². The summed E-state index contributed by atoms with van der Waals surface area (Å²) >= 11 is 2.17. The molecule has 0 aliphatic rings. The number of rotatable bonds is 11. The molecule has 0 bridgehead atoms. The average molecular weight is 547 g/mol. The van der Waals surface area contributed by atoms with Gasteiger partial charge in [0, 0.05) is 6.54 Å². The van der Waals surface area contributed by atoms with Crippen LogP contribution in [-0.4, -0.2) is 52.6 Å². The molecule has 0 aliphatic heterocycles. The van der Waals surface area contributed by atoms with Gasteiger partial charge in [-0.3, -0.25) is 4.79 Å². The van der Waals surface area contributed by atoms with Crippen LogP contribution in [0.1, 0.15) is 63.7 Å². The molecule has 0 unspecified atom stereocenters. The zero-order valence-electron chi connectivity index (χ0n) is 21.6. The van der Waals surface area contributed by atoms with Crippen molar-refractivity contribution in [3.8, 4) is 5.75 Å². The van der Waals surface area contributed by atoms with E-state index in [0.29, 0.717) is 29.0 Å². The molecule has 0 radical (unpaired) electrons. The van der Waals surface area contributed by atoms with Gasteiger partial charge in [-0.05, 0) is 43.0 Å². The molecule has 3 aromatic rings. The summed E-state index contributed by atoms with van der Waals surface area (Å²) < 4.78 is 17.4. The summed E-state index contributed by atoms with van der Waals surface area (Å²) in [4.78, 5) is 37.3. The minimum Gasteiger partial charge on any atom is -0.486 e. The molecule has 1 amide bonds. The molecular weight excluding hydrogens is 516 g/mol. The Bertz CT molecular complexity index is 1270. The van der Waals surface area contributed by atoms with Crippen molar-refractivity contribution in [2.75, 3.05) is 25.3 Å². The van der Waals surface area contributed by atoms with Crippen molar-refractivity contribution < 1.29 is 28.6 Å². The van der Waals surface area contributed by atoms with Gasteiger partial charge in [-0.2, -0.15) is 0 Å². The number of hydrogen-bond acceptors (Lipinski definition) is 10. The highest BCUT2D eigenvalue weighted by molar-refractivity contribution is 7.99. The molecule has 198 valence electrons. The summed E-state index contributed by atoms with van der Waals surface area (Å²) in [5.74, 6) is 0.220. The minimum atomic E-state index is -0.652. The van der Waals surface area contributed by atoms with E-state index in [9.17, 15) is 14.4 Å². The number of carbonyl (C=O) groups is 3. The van der Waals surface area contributed by atoms with Gasteiger partial charge in [0.2, 0.25) is 5.91 Å². The van der Waals surface area contributed by atoms with Gasteiger partial charge < -0.3 is 24.1 Å². The van der Waals surface area contributed by atoms with E-state index in [1.54, 1.807) is 6.92 Å². The first-order valence-corrected chi connectivity index (χ1v) is 13.4. The van der Waals surface area contributed by atoms with E-state index in [0.717, 1.165) is 17.1 Å². The number of ether oxygens (including phenoxy) is 3. The Hall–Kier alpha value is -3.38. The van der Waals surface area contributed by atoms with Crippen molar-refractivity contribution in [3.63, 3.8) is 0 Å². The van der Waals surface area contributed by atoms with Crippen LogP contribution in [-0.2, 0) is 27.4 Å². The van der Waals surface area contributed by atoms with Crippen molar-refractivity contribution in [3.05, 3.63) is 51.7 Å². The van der Waals surface area contributed by atoms with Crippen LogP contribution in [0, 0.1) is 6.92 Å². The van der Waals surface area contributed by atoms with Crippen molar-refractivity contribution in [2.45, 2.75) is 51.9 Å². The lowest BCUT2D eigenvalue weighted by atomic mass is 10.0. The number of hydrogen-bond donors (Lipinski definition) is 1. The van der Waals surface area contributed by atoms with Gasteiger partial charge in [-0.15, -0.1) is 21.5 Å². The van der Waals surface area contributed by atoms with Gasteiger partial charge in [-0.1, -0.05) is 37.7 Å². The fraction of sp³-hybridized carbons (Fsp3) is 0.400. The number of thiophene rings is 1. The Morgan fingerprint density at radius 2 is 1.76 bits per heavy atom. The standard InChI is InChI=1S/C25H30N4O6S2/c1-7-29-18(12-35-17-10-8-16(9-11-17)14(2)3)27-28-25(29)36-13-19(30)26-22-20(23(31)33-5)15(4)21(37-22)24(32)34-6/h8-11,14H,7,12-13H2,1-6H3,(H,26,30). The highest BCUT2D eigenvalue weighted by atomic mass is 32.2. The third-order valence-electron chi connectivity index (χ3n) is 5.52. The van der Waals surface area contributed by atoms with E-state index < -0.39 is 11.9 Å². The predicted octanol–water partition coefficient (Wildman–Crippen LogP) is 4.67. The molecule has 0 spiro atoms. The number of esters is 2. The number of nitrogens with zero attached hydrogens (tertiary/aromatic N) is 3. The van der Waals surface area contributed by atoms with E-state index in [1.807, 2.05) is 35.8 Å². The first-order chi connectivity index (χ1) is 17.7. The molecule has 3 rings (SSSR count). The number of methoxy groups -OCH3 is 2. The molecular formula is C25H30N4O6S2. The van der Waals surface area contributed by atoms with Crippen LogP contribution >= 0.6 is 23.1 Å². The Balaban J connectivity index is 1.66. The maximum Gasteiger partial charge on any atom is 0.348 e. The molecule has 0 aliphatic carbocycles. The second-order valence-electron chi connectivity index (χ2n) is 8.24. The number of nitrogens with one attached hydrogen (secondary N) is 1. The van der Waals surface area contributed by atoms with Crippen LogP contribution in [0.25, 0.3) is 0 Å². The molecule has 10 nitrogen and oxygen atoms in total. The molecule has 0 atom stereocenters. The summed E-state index contributed by atoms with van der Waals surface area (Å²) in [6.07, 6.45) is 0. The third kappa shape index (κ3) is 6.69. The van der Waals surface area contributed by atoms with E-state index in [4.69, 9.17) is 14.2 Å². The highest BCUT2D eigenvalue weighted by Crippen LogP contribution is 2.34. The number of thioether (sulfide) groups is 1. The smallest absolute Gasteiger partial charge is 0.348 e. The van der Waals surface area contributed by atoms with Crippen LogP contribution in [0.4, 0.5) is 5.00 Å². The number of amides is 1. The first kappa shape index (κ1) is 28.2. The molecule has 12 heteroatoms. The Labute approximate surface area is 223 Å². The molecule has 0 fully saturated rings. The number of carbonyl (C=O) groups excluding carboxylic acids is 3. The third-order valence-corrected chi connectivity index (χ3v) is 7.67. The zero-order valence-corrected chi connectivity index (χ0v) is 23.2. The average Bonchev–Trinajstić information content (AvgIpc) is 3.44. The quantitative estimate of drug-likeness (QED) is 0.270. The highest BCUT2D eigenvalue weighted by Gasteiger charge is 2.27.